The standard InChI is InChI=1S/C10H17NS/c1-5-12-10-8(4)6-11-9(10)7(2)3/h5,7,9,11H,1,6H2,2-4H3. The molecule has 0 amide bonds. The summed E-state index contributed by atoms with van der Waals surface area (Å²) in [5, 5.41) is 5.42. The summed E-state index contributed by atoms with van der Waals surface area (Å²) in [4.78, 5) is 1.47. The third-order valence-corrected chi connectivity index (χ3v) is 3.19. The van der Waals surface area contributed by atoms with Crippen molar-refractivity contribution >= 4 is 11.8 Å². The molecular weight excluding hydrogens is 166 g/mol. The van der Waals surface area contributed by atoms with Gasteiger partial charge >= 0.3 is 0 Å². The van der Waals surface area contributed by atoms with Crippen LogP contribution >= 0.6 is 11.8 Å². The van der Waals surface area contributed by atoms with Crippen LogP contribution in [0, 0.1) is 5.92 Å². The molecule has 0 spiro atoms. The van der Waals surface area contributed by atoms with Crippen LogP contribution in [0.1, 0.15) is 20.8 Å². The molecule has 1 atom stereocenters. The molecule has 0 fully saturated rings. The second-order valence-corrected chi connectivity index (χ2v) is 4.54. The Labute approximate surface area is 79.3 Å². The largest absolute Gasteiger partial charge is 0.305 e. The fourth-order valence-corrected chi connectivity index (χ4v) is 2.47. The molecule has 0 radical (unpaired) electrons. The monoisotopic (exact) mass is 183 g/mol. The van der Waals surface area contributed by atoms with Crippen molar-refractivity contribution in [3.8, 4) is 0 Å². The van der Waals surface area contributed by atoms with Crippen molar-refractivity contribution in [1.29, 1.82) is 0 Å². The minimum Gasteiger partial charge on any atom is -0.305 e. The second-order valence-electron chi connectivity index (χ2n) is 3.53. The van der Waals surface area contributed by atoms with E-state index in [4.69, 9.17) is 0 Å². The maximum absolute atomic E-state index is 3.75. The Bertz CT molecular complexity index is 206. The van der Waals surface area contributed by atoms with Gasteiger partial charge in [0.1, 0.15) is 0 Å². The van der Waals surface area contributed by atoms with Gasteiger partial charge in [0, 0.05) is 17.5 Å². The van der Waals surface area contributed by atoms with Crippen molar-refractivity contribution in [2.75, 3.05) is 6.54 Å². The van der Waals surface area contributed by atoms with E-state index in [0.717, 1.165) is 6.54 Å². The van der Waals surface area contributed by atoms with Crippen molar-refractivity contribution in [2.45, 2.75) is 26.8 Å². The van der Waals surface area contributed by atoms with Gasteiger partial charge in [0.25, 0.3) is 0 Å². The van der Waals surface area contributed by atoms with Crippen LogP contribution in [0.25, 0.3) is 0 Å². The number of hydrogen-bond acceptors (Lipinski definition) is 2. The zero-order valence-electron chi connectivity index (χ0n) is 8.05. The maximum atomic E-state index is 3.75. The molecular formula is C10H17NS. The number of hydrogen-bond donors (Lipinski definition) is 1. The van der Waals surface area contributed by atoms with Crippen molar-refractivity contribution < 1.29 is 0 Å². The Hall–Kier alpha value is -0.210. The topological polar surface area (TPSA) is 12.0 Å². The van der Waals surface area contributed by atoms with Gasteiger partial charge in [-0.1, -0.05) is 20.4 Å². The average Bonchev–Trinajstić information content (AvgIpc) is 2.34. The van der Waals surface area contributed by atoms with E-state index < -0.39 is 0 Å². The van der Waals surface area contributed by atoms with Gasteiger partial charge in [0.2, 0.25) is 0 Å². The lowest BCUT2D eigenvalue weighted by Gasteiger charge is -2.17. The van der Waals surface area contributed by atoms with Crippen LogP contribution in [-0.4, -0.2) is 12.6 Å². The van der Waals surface area contributed by atoms with Gasteiger partial charge in [0.05, 0.1) is 0 Å². The molecule has 68 valence electrons. The first-order chi connectivity index (χ1) is 5.66. The molecule has 1 unspecified atom stereocenters. The normalized spacial score (nSPS) is 23.8. The fourth-order valence-electron chi connectivity index (χ4n) is 1.51. The lowest BCUT2D eigenvalue weighted by atomic mass is 10.1. The Kier molecular flexibility index (Phi) is 3.41. The van der Waals surface area contributed by atoms with Gasteiger partial charge in [-0.25, -0.2) is 0 Å². The smallest absolute Gasteiger partial charge is 0.0409 e. The van der Waals surface area contributed by atoms with Crippen LogP contribution in [0.15, 0.2) is 22.5 Å². The summed E-state index contributed by atoms with van der Waals surface area (Å²) in [6, 6.07) is 0.549. The summed E-state index contributed by atoms with van der Waals surface area (Å²) in [6.45, 7) is 11.5. The van der Waals surface area contributed by atoms with E-state index in [1.54, 1.807) is 11.8 Å². The van der Waals surface area contributed by atoms with Gasteiger partial charge in [0.15, 0.2) is 0 Å². The number of thioether (sulfide) groups is 1. The van der Waals surface area contributed by atoms with Crippen LogP contribution in [0.2, 0.25) is 0 Å². The molecule has 1 aliphatic heterocycles. The molecule has 0 aromatic heterocycles. The van der Waals surface area contributed by atoms with Crippen LogP contribution < -0.4 is 5.32 Å². The predicted octanol–water partition coefficient (Wildman–Crippen LogP) is 2.76. The second kappa shape index (κ2) is 4.15. The quantitative estimate of drug-likeness (QED) is 0.722. The lowest BCUT2D eigenvalue weighted by Crippen LogP contribution is -2.29. The minimum absolute atomic E-state index is 0.549. The van der Waals surface area contributed by atoms with E-state index in [1.165, 1.54) is 10.5 Å². The zero-order valence-corrected chi connectivity index (χ0v) is 8.87. The molecule has 0 saturated carbocycles. The average molecular weight is 183 g/mol. The highest BCUT2D eigenvalue weighted by atomic mass is 32.2. The van der Waals surface area contributed by atoms with Gasteiger partial charge in [-0.05, 0) is 23.8 Å². The number of rotatable bonds is 3. The molecule has 1 aliphatic rings. The van der Waals surface area contributed by atoms with Crippen molar-refractivity contribution in [3.05, 3.63) is 22.5 Å². The third kappa shape index (κ3) is 1.93. The van der Waals surface area contributed by atoms with Crippen LogP contribution in [0.5, 0.6) is 0 Å². The molecule has 0 aliphatic carbocycles. The molecule has 0 aromatic rings. The molecule has 12 heavy (non-hydrogen) atoms. The highest BCUT2D eigenvalue weighted by Gasteiger charge is 2.24. The highest BCUT2D eigenvalue weighted by Crippen LogP contribution is 2.31. The van der Waals surface area contributed by atoms with E-state index in [-0.39, 0.29) is 0 Å². The van der Waals surface area contributed by atoms with Crippen LogP contribution in [-0.2, 0) is 0 Å². The maximum Gasteiger partial charge on any atom is 0.0409 e. The highest BCUT2D eigenvalue weighted by molar-refractivity contribution is 8.05. The first kappa shape index (κ1) is 9.87. The van der Waals surface area contributed by atoms with Crippen LogP contribution in [0.4, 0.5) is 0 Å². The summed E-state index contributed by atoms with van der Waals surface area (Å²) in [6.07, 6.45) is 0. The van der Waals surface area contributed by atoms with Crippen molar-refractivity contribution in [1.82, 2.24) is 5.32 Å². The molecule has 1 nitrogen and oxygen atoms in total. The van der Waals surface area contributed by atoms with Crippen molar-refractivity contribution in [3.63, 3.8) is 0 Å². The molecule has 1 heterocycles. The zero-order chi connectivity index (χ0) is 9.14. The Morgan fingerprint density at radius 3 is 2.83 bits per heavy atom. The molecule has 0 saturated heterocycles. The molecule has 1 rings (SSSR count). The van der Waals surface area contributed by atoms with E-state index in [9.17, 15) is 0 Å². The van der Waals surface area contributed by atoms with Gasteiger partial charge < -0.3 is 5.32 Å². The molecule has 0 bridgehead atoms. The van der Waals surface area contributed by atoms with E-state index in [2.05, 4.69) is 32.7 Å². The van der Waals surface area contributed by atoms with Crippen LogP contribution in [0.3, 0.4) is 0 Å². The van der Waals surface area contributed by atoms with Gasteiger partial charge in [-0.15, -0.1) is 11.8 Å². The lowest BCUT2D eigenvalue weighted by molar-refractivity contribution is 0.499. The fraction of sp³-hybridized carbons (Fsp3) is 0.600. The Morgan fingerprint density at radius 2 is 2.33 bits per heavy atom. The van der Waals surface area contributed by atoms with Gasteiger partial charge in [-0.3, -0.25) is 0 Å². The molecule has 0 aromatic carbocycles. The van der Waals surface area contributed by atoms with Crippen molar-refractivity contribution in [2.24, 2.45) is 5.92 Å². The van der Waals surface area contributed by atoms with E-state index in [0.29, 0.717) is 12.0 Å². The first-order valence-corrected chi connectivity index (χ1v) is 5.25. The third-order valence-electron chi connectivity index (χ3n) is 2.17. The summed E-state index contributed by atoms with van der Waals surface area (Å²) in [5.41, 5.74) is 1.47. The van der Waals surface area contributed by atoms with E-state index in [1.807, 2.05) is 5.41 Å². The Morgan fingerprint density at radius 1 is 1.67 bits per heavy atom. The summed E-state index contributed by atoms with van der Waals surface area (Å²) in [7, 11) is 0. The van der Waals surface area contributed by atoms with E-state index >= 15 is 0 Å². The first-order valence-electron chi connectivity index (χ1n) is 4.37. The summed E-state index contributed by atoms with van der Waals surface area (Å²) in [5.74, 6) is 0.671. The Balaban J connectivity index is 2.73. The minimum atomic E-state index is 0.549. The molecule has 2 heteroatoms. The van der Waals surface area contributed by atoms with Gasteiger partial charge in [-0.2, -0.15) is 0 Å². The SMILES string of the molecule is C=CSC1=C(C)CNC1C(C)C. The predicted molar refractivity (Wildman–Crippen MR) is 57.1 cm³/mol. The summed E-state index contributed by atoms with van der Waals surface area (Å²) >= 11 is 1.76. The number of nitrogens with one attached hydrogen (secondary N) is 1. The summed E-state index contributed by atoms with van der Waals surface area (Å²) < 4.78 is 0. The molecule has 1 N–H and O–H groups in total.